The third kappa shape index (κ3) is 4.32. The molecular weight excluding hydrogens is 260 g/mol. The van der Waals surface area contributed by atoms with Crippen LogP contribution < -0.4 is 10.6 Å². The van der Waals surface area contributed by atoms with Gasteiger partial charge in [0.15, 0.2) is 0 Å². The average molecular weight is 290 g/mol. The molecule has 1 aliphatic carbocycles. The van der Waals surface area contributed by atoms with E-state index in [0.717, 1.165) is 17.5 Å². The predicted octanol–water partition coefficient (Wildman–Crippen LogP) is 4.20. The number of rotatable bonds is 3. The minimum atomic E-state index is -0.0433. The first-order valence-electron chi connectivity index (χ1n) is 8.24. The van der Waals surface area contributed by atoms with E-state index >= 15 is 0 Å². The molecule has 0 bridgehead atoms. The van der Waals surface area contributed by atoms with Gasteiger partial charge in [-0.3, -0.25) is 0 Å². The maximum Gasteiger partial charge on any atom is 0.138 e. The van der Waals surface area contributed by atoms with Crippen LogP contribution in [-0.2, 0) is 5.41 Å². The molecule has 1 saturated carbocycles. The number of anilines is 2. The Morgan fingerprint density at radius 1 is 1.05 bits per heavy atom. The van der Waals surface area contributed by atoms with Crippen molar-refractivity contribution >= 4 is 11.6 Å². The van der Waals surface area contributed by atoms with Crippen LogP contribution in [0.25, 0.3) is 0 Å². The fraction of sp³-hybridized carbons (Fsp3) is 0.765. The number of nitrogens with one attached hydrogen (secondary N) is 2. The van der Waals surface area contributed by atoms with E-state index in [0.29, 0.717) is 12.0 Å². The van der Waals surface area contributed by atoms with Crippen LogP contribution in [0.4, 0.5) is 11.6 Å². The first-order chi connectivity index (χ1) is 9.90. The molecule has 1 heterocycles. The Morgan fingerprint density at radius 3 is 2.38 bits per heavy atom. The Hall–Kier alpha value is -1.32. The highest BCUT2D eigenvalue weighted by atomic mass is 15.1. The van der Waals surface area contributed by atoms with Crippen molar-refractivity contribution in [1.82, 2.24) is 9.97 Å². The van der Waals surface area contributed by atoms with Crippen molar-refractivity contribution < 1.29 is 0 Å². The van der Waals surface area contributed by atoms with Gasteiger partial charge in [-0.25, -0.2) is 9.97 Å². The molecule has 4 nitrogen and oxygen atoms in total. The molecule has 0 amide bonds. The molecule has 1 fully saturated rings. The Kier molecular flexibility index (Phi) is 5.07. The molecule has 2 rings (SSSR count). The first kappa shape index (κ1) is 16.1. The molecule has 1 aromatic heterocycles. The summed E-state index contributed by atoms with van der Waals surface area (Å²) in [6, 6.07) is 2.55. The van der Waals surface area contributed by atoms with Crippen molar-refractivity contribution in [2.24, 2.45) is 5.92 Å². The molecule has 1 aliphatic rings. The number of nitrogens with zero attached hydrogens (tertiary/aromatic N) is 2. The molecule has 2 unspecified atom stereocenters. The van der Waals surface area contributed by atoms with Gasteiger partial charge in [-0.2, -0.15) is 0 Å². The quantitative estimate of drug-likeness (QED) is 0.819. The summed E-state index contributed by atoms with van der Waals surface area (Å²) in [6.45, 7) is 8.81. The summed E-state index contributed by atoms with van der Waals surface area (Å²) < 4.78 is 0. The van der Waals surface area contributed by atoms with E-state index in [9.17, 15) is 0 Å². The van der Waals surface area contributed by atoms with E-state index in [1.54, 1.807) is 0 Å². The largest absolute Gasteiger partial charge is 0.373 e. The van der Waals surface area contributed by atoms with Crippen molar-refractivity contribution in [3.8, 4) is 0 Å². The average Bonchev–Trinajstić information content (AvgIpc) is 2.63. The lowest BCUT2D eigenvalue weighted by Gasteiger charge is -2.25. The van der Waals surface area contributed by atoms with Gasteiger partial charge < -0.3 is 10.6 Å². The number of hydrogen-bond acceptors (Lipinski definition) is 4. The second-order valence-corrected chi connectivity index (χ2v) is 7.33. The van der Waals surface area contributed by atoms with E-state index in [-0.39, 0.29) is 5.41 Å². The molecule has 118 valence electrons. The van der Waals surface area contributed by atoms with E-state index in [1.165, 1.54) is 32.1 Å². The summed E-state index contributed by atoms with van der Waals surface area (Å²) in [5.74, 6) is 3.44. The maximum atomic E-state index is 4.75. The molecule has 0 aromatic carbocycles. The van der Waals surface area contributed by atoms with Crippen LogP contribution >= 0.6 is 0 Å². The van der Waals surface area contributed by atoms with Gasteiger partial charge in [0, 0.05) is 24.6 Å². The summed E-state index contributed by atoms with van der Waals surface area (Å²) >= 11 is 0. The maximum absolute atomic E-state index is 4.75. The molecule has 0 saturated heterocycles. The molecule has 0 aliphatic heterocycles. The van der Waals surface area contributed by atoms with E-state index < -0.39 is 0 Å². The summed E-state index contributed by atoms with van der Waals surface area (Å²) in [4.78, 5) is 9.34. The van der Waals surface area contributed by atoms with E-state index in [4.69, 9.17) is 4.98 Å². The zero-order valence-corrected chi connectivity index (χ0v) is 14.2. The van der Waals surface area contributed by atoms with Crippen molar-refractivity contribution in [1.29, 1.82) is 0 Å². The van der Waals surface area contributed by atoms with Crippen LogP contribution in [0.15, 0.2) is 6.07 Å². The Balaban J connectivity index is 2.22. The van der Waals surface area contributed by atoms with Crippen molar-refractivity contribution in [3.63, 3.8) is 0 Å². The smallest absolute Gasteiger partial charge is 0.138 e. The summed E-state index contributed by atoms with van der Waals surface area (Å²) in [7, 11) is 1.91. The fourth-order valence-electron chi connectivity index (χ4n) is 2.88. The van der Waals surface area contributed by atoms with Gasteiger partial charge in [0.1, 0.15) is 17.5 Å². The van der Waals surface area contributed by atoms with Crippen LogP contribution in [0.2, 0.25) is 0 Å². The lowest BCUT2D eigenvalue weighted by atomic mass is 9.95. The third-order valence-electron chi connectivity index (χ3n) is 4.35. The monoisotopic (exact) mass is 290 g/mol. The molecule has 2 atom stereocenters. The van der Waals surface area contributed by atoms with Crippen molar-refractivity contribution in [2.45, 2.75) is 71.3 Å². The summed E-state index contributed by atoms with van der Waals surface area (Å²) in [5.41, 5.74) is -0.0433. The predicted molar refractivity (Wildman–Crippen MR) is 89.9 cm³/mol. The molecule has 2 N–H and O–H groups in total. The summed E-state index contributed by atoms with van der Waals surface area (Å²) in [5, 5.41) is 6.82. The second-order valence-electron chi connectivity index (χ2n) is 7.33. The second kappa shape index (κ2) is 6.63. The highest BCUT2D eigenvalue weighted by Crippen LogP contribution is 2.27. The minimum Gasteiger partial charge on any atom is -0.373 e. The van der Waals surface area contributed by atoms with Gasteiger partial charge in [0.2, 0.25) is 0 Å². The number of hydrogen-bond donors (Lipinski definition) is 2. The number of aromatic nitrogens is 2. The van der Waals surface area contributed by atoms with Crippen LogP contribution in [0.3, 0.4) is 0 Å². The molecule has 4 heteroatoms. The molecular formula is C17H30N4. The van der Waals surface area contributed by atoms with Crippen molar-refractivity contribution in [3.05, 3.63) is 11.9 Å². The van der Waals surface area contributed by atoms with Gasteiger partial charge >= 0.3 is 0 Å². The van der Waals surface area contributed by atoms with Gasteiger partial charge in [-0.1, -0.05) is 47.0 Å². The topological polar surface area (TPSA) is 49.8 Å². The highest BCUT2D eigenvalue weighted by molar-refractivity contribution is 5.48. The van der Waals surface area contributed by atoms with Gasteiger partial charge in [-0.15, -0.1) is 0 Å². The highest BCUT2D eigenvalue weighted by Gasteiger charge is 2.22. The molecule has 0 radical (unpaired) electrons. The van der Waals surface area contributed by atoms with E-state index in [2.05, 4.69) is 43.3 Å². The Bertz CT molecular complexity index is 464. The Morgan fingerprint density at radius 2 is 1.71 bits per heavy atom. The van der Waals surface area contributed by atoms with Crippen LogP contribution in [0.5, 0.6) is 0 Å². The fourth-order valence-corrected chi connectivity index (χ4v) is 2.88. The van der Waals surface area contributed by atoms with Gasteiger partial charge in [-0.05, 0) is 18.8 Å². The van der Waals surface area contributed by atoms with Crippen LogP contribution in [0.1, 0.15) is 65.6 Å². The first-order valence-corrected chi connectivity index (χ1v) is 8.24. The van der Waals surface area contributed by atoms with E-state index in [1.807, 2.05) is 13.1 Å². The lowest BCUT2D eigenvalue weighted by Crippen LogP contribution is -2.27. The van der Waals surface area contributed by atoms with Gasteiger partial charge in [0.25, 0.3) is 0 Å². The Labute approximate surface area is 129 Å². The van der Waals surface area contributed by atoms with Crippen molar-refractivity contribution in [2.75, 3.05) is 17.7 Å². The van der Waals surface area contributed by atoms with Gasteiger partial charge in [0.05, 0.1) is 0 Å². The van der Waals surface area contributed by atoms with Crippen LogP contribution in [-0.4, -0.2) is 23.1 Å². The molecule has 1 aromatic rings. The molecule has 21 heavy (non-hydrogen) atoms. The third-order valence-corrected chi connectivity index (χ3v) is 4.35. The minimum absolute atomic E-state index is 0.0433. The zero-order valence-electron chi connectivity index (χ0n) is 14.2. The normalized spacial score (nSPS) is 23.5. The zero-order chi connectivity index (χ0) is 15.5. The van der Waals surface area contributed by atoms with Crippen LogP contribution in [0, 0.1) is 5.92 Å². The SMILES string of the molecule is CNc1cc(NC2CCCCCC2C)nc(C(C)(C)C)n1. The lowest BCUT2D eigenvalue weighted by molar-refractivity contribution is 0.454. The standard InChI is InChI=1S/C17H30N4/c1-12-9-7-6-8-10-13(12)19-15-11-14(18-5)20-16(21-15)17(2,3)4/h11-13H,6-10H2,1-5H3,(H2,18,19,20,21). The summed E-state index contributed by atoms with van der Waals surface area (Å²) in [6.07, 6.45) is 6.59. The molecule has 0 spiro atoms.